The van der Waals surface area contributed by atoms with Gasteiger partial charge in [-0.3, -0.25) is 9.52 Å². The number of rotatable bonds is 8. The smallest absolute Gasteiger partial charge is 0.263 e. The molecule has 0 saturated carbocycles. The van der Waals surface area contributed by atoms with Crippen LogP contribution in [0.15, 0.2) is 65.0 Å². The van der Waals surface area contributed by atoms with E-state index in [1.165, 1.54) is 41.8 Å². The molecule has 0 radical (unpaired) electrons. The molecule has 1 aliphatic rings. The van der Waals surface area contributed by atoms with Crippen LogP contribution in [0.25, 0.3) is 0 Å². The molecule has 2 heterocycles. The van der Waals surface area contributed by atoms with Crippen LogP contribution in [0.1, 0.15) is 12.8 Å². The average molecular weight is 459 g/mol. The van der Waals surface area contributed by atoms with Crippen molar-refractivity contribution in [1.82, 2.24) is 4.98 Å². The lowest BCUT2D eigenvalue weighted by atomic mass is 10.2. The van der Waals surface area contributed by atoms with E-state index in [4.69, 9.17) is 4.74 Å². The van der Waals surface area contributed by atoms with Crippen molar-refractivity contribution in [2.75, 3.05) is 34.6 Å². The number of anilines is 3. The largest absolute Gasteiger partial charge is 0.482 e. The Morgan fingerprint density at radius 2 is 1.84 bits per heavy atom. The minimum Gasteiger partial charge on any atom is -0.482 e. The van der Waals surface area contributed by atoms with Crippen molar-refractivity contribution in [3.63, 3.8) is 0 Å². The van der Waals surface area contributed by atoms with E-state index < -0.39 is 10.0 Å². The van der Waals surface area contributed by atoms with Crippen molar-refractivity contribution in [3.05, 3.63) is 60.1 Å². The molecule has 8 nitrogen and oxygen atoms in total. The Morgan fingerprint density at radius 3 is 2.55 bits per heavy atom. The Morgan fingerprint density at radius 1 is 1.10 bits per heavy atom. The number of para-hydroxylation sites is 2. The van der Waals surface area contributed by atoms with Gasteiger partial charge in [0.25, 0.3) is 15.9 Å². The van der Waals surface area contributed by atoms with Gasteiger partial charge < -0.3 is 15.0 Å². The van der Waals surface area contributed by atoms with E-state index >= 15 is 0 Å². The van der Waals surface area contributed by atoms with Crippen molar-refractivity contribution in [2.24, 2.45) is 0 Å². The second kappa shape index (κ2) is 9.36. The van der Waals surface area contributed by atoms with E-state index in [0.29, 0.717) is 16.6 Å². The zero-order valence-electron chi connectivity index (χ0n) is 16.7. The van der Waals surface area contributed by atoms with Crippen molar-refractivity contribution >= 4 is 43.8 Å². The Bertz CT molecular complexity index is 1130. The number of carbonyl (C=O) groups is 1. The molecule has 1 fully saturated rings. The minimum absolute atomic E-state index is 0.0801. The zero-order chi connectivity index (χ0) is 21.7. The van der Waals surface area contributed by atoms with Gasteiger partial charge in [0.1, 0.15) is 5.75 Å². The standard InChI is InChI=1S/C21H22N4O4S2/c26-20(15-29-19-6-2-1-5-18(19)25-12-3-4-13-25)23-16-7-9-17(10-8-16)31(27,28)24-21-22-11-14-30-21/h1-2,5-11,14H,3-4,12-13,15H2,(H,22,24)(H,23,26). The van der Waals surface area contributed by atoms with Crippen LogP contribution in [0, 0.1) is 0 Å². The third-order valence-corrected chi connectivity index (χ3v) is 6.95. The van der Waals surface area contributed by atoms with Gasteiger partial charge in [-0.05, 0) is 49.2 Å². The molecule has 4 rings (SSSR count). The maximum absolute atomic E-state index is 12.4. The highest BCUT2D eigenvalue weighted by Crippen LogP contribution is 2.30. The quantitative estimate of drug-likeness (QED) is 0.535. The summed E-state index contributed by atoms with van der Waals surface area (Å²) in [5.41, 5.74) is 1.48. The van der Waals surface area contributed by atoms with Crippen molar-refractivity contribution < 1.29 is 17.9 Å². The number of sulfonamides is 1. The number of benzene rings is 2. The Kier molecular flexibility index (Phi) is 6.38. The Labute approximate surface area is 184 Å². The molecule has 162 valence electrons. The molecular formula is C21H22N4O4S2. The monoisotopic (exact) mass is 458 g/mol. The summed E-state index contributed by atoms with van der Waals surface area (Å²) in [6.07, 6.45) is 3.83. The maximum Gasteiger partial charge on any atom is 0.263 e. The average Bonchev–Trinajstić information content (AvgIpc) is 3.47. The molecule has 2 aromatic carbocycles. The molecule has 0 bridgehead atoms. The highest BCUT2D eigenvalue weighted by atomic mass is 32.2. The van der Waals surface area contributed by atoms with Gasteiger partial charge >= 0.3 is 0 Å². The summed E-state index contributed by atoms with van der Waals surface area (Å²) in [7, 11) is -3.73. The maximum atomic E-state index is 12.4. The first kappa shape index (κ1) is 21.1. The number of amides is 1. The van der Waals surface area contributed by atoms with E-state index in [2.05, 4.69) is 19.9 Å². The lowest BCUT2D eigenvalue weighted by molar-refractivity contribution is -0.118. The fourth-order valence-corrected chi connectivity index (χ4v) is 5.09. The van der Waals surface area contributed by atoms with Crippen molar-refractivity contribution in [1.29, 1.82) is 0 Å². The molecule has 31 heavy (non-hydrogen) atoms. The third-order valence-electron chi connectivity index (χ3n) is 4.77. The van der Waals surface area contributed by atoms with Crippen LogP contribution >= 0.6 is 11.3 Å². The van der Waals surface area contributed by atoms with E-state index in [0.717, 1.165) is 31.6 Å². The third kappa shape index (κ3) is 5.33. The number of thiazole rings is 1. The second-order valence-corrected chi connectivity index (χ2v) is 9.54. The molecule has 1 aromatic heterocycles. The highest BCUT2D eigenvalue weighted by Gasteiger charge is 2.18. The van der Waals surface area contributed by atoms with E-state index in [-0.39, 0.29) is 17.4 Å². The molecule has 2 N–H and O–H groups in total. The molecule has 0 spiro atoms. The van der Waals surface area contributed by atoms with E-state index in [1.807, 2.05) is 24.3 Å². The summed E-state index contributed by atoms with van der Waals surface area (Å²) in [6.45, 7) is 1.83. The number of aromatic nitrogens is 1. The van der Waals surface area contributed by atoms with Crippen molar-refractivity contribution in [3.8, 4) is 5.75 Å². The number of nitrogens with one attached hydrogen (secondary N) is 2. The topological polar surface area (TPSA) is 101 Å². The van der Waals surface area contributed by atoms with Gasteiger partial charge in [-0.15, -0.1) is 11.3 Å². The van der Waals surface area contributed by atoms with Crippen molar-refractivity contribution in [2.45, 2.75) is 17.7 Å². The molecule has 1 amide bonds. The summed E-state index contributed by atoms with van der Waals surface area (Å²) < 4.78 is 32.9. The van der Waals surface area contributed by atoms with Gasteiger partial charge in [0, 0.05) is 30.4 Å². The van der Waals surface area contributed by atoms with Gasteiger partial charge in [-0.25, -0.2) is 13.4 Å². The highest BCUT2D eigenvalue weighted by molar-refractivity contribution is 7.93. The fraction of sp³-hybridized carbons (Fsp3) is 0.238. The lowest BCUT2D eigenvalue weighted by Gasteiger charge is -2.21. The number of hydrogen-bond acceptors (Lipinski definition) is 7. The molecule has 1 aliphatic heterocycles. The summed E-state index contributed by atoms with van der Waals surface area (Å²) in [5.74, 6) is 0.349. The predicted octanol–water partition coefficient (Wildman–Crippen LogP) is 3.56. The van der Waals surface area contributed by atoms with Gasteiger partial charge in [0.05, 0.1) is 10.6 Å². The Hall–Kier alpha value is -3.11. The predicted molar refractivity (Wildman–Crippen MR) is 121 cm³/mol. The molecule has 10 heteroatoms. The number of hydrogen-bond donors (Lipinski definition) is 2. The zero-order valence-corrected chi connectivity index (χ0v) is 18.3. The number of carbonyl (C=O) groups excluding carboxylic acids is 1. The molecular weight excluding hydrogens is 436 g/mol. The van der Waals surface area contributed by atoms with Gasteiger partial charge in [0.15, 0.2) is 11.7 Å². The summed E-state index contributed by atoms with van der Waals surface area (Å²) >= 11 is 1.19. The van der Waals surface area contributed by atoms with Crippen LogP contribution in [0.5, 0.6) is 5.75 Å². The molecule has 0 unspecified atom stereocenters. The van der Waals surface area contributed by atoms with Crippen LogP contribution in [-0.4, -0.2) is 39.0 Å². The number of nitrogens with zero attached hydrogens (tertiary/aromatic N) is 2. The van der Waals surface area contributed by atoms with E-state index in [9.17, 15) is 13.2 Å². The fourth-order valence-electron chi connectivity index (χ4n) is 3.30. The van der Waals surface area contributed by atoms with Gasteiger partial charge in [-0.1, -0.05) is 12.1 Å². The summed E-state index contributed by atoms with van der Waals surface area (Å²) in [6, 6.07) is 13.6. The lowest BCUT2D eigenvalue weighted by Crippen LogP contribution is -2.22. The molecule has 1 saturated heterocycles. The SMILES string of the molecule is O=C(COc1ccccc1N1CCCC1)Nc1ccc(S(=O)(=O)Nc2nccs2)cc1. The van der Waals surface area contributed by atoms with Gasteiger partial charge in [-0.2, -0.15) is 0 Å². The minimum atomic E-state index is -3.73. The first-order valence-electron chi connectivity index (χ1n) is 9.80. The molecule has 0 atom stereocenters. The molecule has 3 aromatic rings. The van der Waals surface area contributed by atoms with Crippen LogP contribution < -0.4 is 19.7 Å². The molecule has 0 aliphatic carbocycles. The first-order chi connectivity index (χ1) is 15.0. The van der Waals surface area contributed by atoms with E-state index in [1.54, 1.807) is 5.38 Å². The van der Waals surface area contributed by atoms with Crippen LogP contribution in [0.3, 0.4) is 0 Å². The van der Waals surface area contributed by atoms with Gasteiger partial charge in [0.2, 0.25) is 0 Å². The number of ether oxygens (including phenoxy) is 1. The summed E-state index contributed by atoms with van der Waals surface area (Å²) in [4.78, 5) is 18.6. The normalized spacial score (nSPS) is 13.7. The van der Waals surface area contributed by atoms with Crippen LogP contribution in [0.2, 0.25) is 0 Å². The summed E-state index contributed by atoms with van der Waals surface area (Å²) in [5, 5.41) is 4.70. The Balaban J connectivity index is 1.34. The van der Waals surface area contributed by atoms with Crippen LogP contribution in [0.4, 0.5) is 16.5 Å². The first-order valence-corrected chi connectivity index (χ1v) is 12.2. The second-order valence-electron chi connectivity index (χ2n) is 6.97. The van der Waals surface area contributed by atoms with Crippen LogP contribution in [-0.2, 0) is 14.8 Å².